The van der Waals surface area contributed by atoms with Gasteiger partial charge >= 0.3 is 0 Å². The SMILES string of the molecule is Cc1ccc2c(N)c(NCC[NH+](C)C)nn2c1C. The second-order valence-corrected chi connectivity index (χ2v) is 5.04. The Kier molecular flexibility index (Phi) is 3.43. The molecular formula is C13H22N5+. The summed E-state index contributed by atoms with van der Waals surface area (Å²) in [6.07, 6.45) is 0. The van der Waals surface area contributed by atoms with Gasteiger partial charge < -0.3 is 16.0 Å². The molecule has 0 spiro atoms. The minimum Gasteiger partial charge on any atom is -0.394 e. The number of quaternary nitrogens is 1. The fourth-order valence-electron chi connectivity index (χ4n) is 1.91. The van der Waals surface area contributed by atoms with Crippen molar-refractivity contribution >= 4 is 17.0 Å². The Bertz CT molecular complexity index is 556. The summed E-state index contributed by atoms with van der Waals surface area (Å²) in [6, 6.07) is 4.10. The van der Waals surface area contributed by atoms with Crippen LogP contribution < -0.4 is 16.0 Å². The molecule has 0 radical (unpaired) electrons. The predicted molar refractivity (Wildman–Crippen MR) is 75.2 cm³/mol. The molecule has 2 rings (SSSR count). The number of fused-ring (bicyclic) bond motifs is 1. The molecule has 4 N–H and O–H groups in total. The van der Waals surface area contributed by atoms with Gasteiger partial charge in [0, 0.05) is 5.69 Å². The molecule has 98 valence electrons. The van der Waals surface area contributed by atoms with Crippen LogP contribution >= 0.6 is 0 Å². The maximum Gasteiger partial charge on any atom is 0.172 e. The third-order valence-corrected chi connectivity index (χ3v) is 3.26. The first-order valence-corrected chi connectivity index (χ1v) is 6.28. The van der Waals surface area contributed by atoms with Crippen LogP contribution in [0.15, 0.2) is 12.1 Å². The van der Waals surface area contributed by atoms with E-state index >= 15 is 0 Å². The van der Waals surface area contributed by atoms with Crippen LogP contribution in [-0.2, 0) is 0 Å². The lowest BCUT2D eigenvalue weighted by Gasteiger charge is -2.07. The van der Waals surface area contributed by atoms with Crippen LogP contribution in [-0.4, -0.2) is 36.8 Å². The summed E-state index contributed by atoms with van der Waals surface area (Å²) < 4.78 is 1.91. The zero-order chi connectivity index (χ0) is 13.3. The third kappa shape index (κ3) is 2.26. The number of rotatable bonds is 4. The average molecular weight is 248 g/mol. The Morgan fingerprint density at radius 3 is 2.72 bits per heavy atom. The Morgan fingerprint density at radius 1 is 1.33 bits per heavy atom. The smallest absolute Gasteiger partial charge is 0.172 e. The number of likely N-dealkylation sites (N-methyl/N-ethyl adjacent to an activating group) is 1. The van der Waals surface area contributed by atoms with Crippen molar-refractivity contribution in [3.05, 3.63) is 23.4 Å². The number of aryl methyl sites for hydroxylation is 2. The van der Waals surface area contributed by atoms with Gasteiger partial charge in [-0.05, 0) is 25.5 Å². The summed E-state index contributed by atoms with van der Waals surface area (Å²) >= 11 is 0. The number of nitrogens with one attached hydrogen (secondary N) is 2. The van der Waals surface area contributed by atoms with Gasteiger partial charge in [-0.25, -0.2) is 4.52 Å². The standard InChI is InChI=1S/C13H21N5/c1-9-5-6-11-12(14)13(15-7-8-17(3)4)16-18(11)10(9)2/h5-6H,7-8,14H2,1-4H3,(H,15,16)/p+1. The average Bonchev–Trinajstić information content (AvgIpc) is 2.62. The van der Waals surface area contributed by atoms with Gasteiger partial charge in [0.15, 0.2) is 5.82 Å². The summed E-state index contributed by atoms with van der Waals surface area (Å²) in [4.78, 5) is 1.40. The quantitative estimate of drug-likeness (QED) is 0.719. The highest BCUT2D eigenvalue weighted by Gasteiger charge is 2.11. The first kappa shape index (κ1) is 12.7. The van der Waals surface area contributed by atoms with Gasteiger partial charge in [-0.2, -0.15) is 0 Å². The molecule has 0 aromatic carbocycles. The lowest BCUT2D eigenvalue weighted by Crippen LogP contribution is -3.06. The summed E-state index contributed by atoms with van der Waals surface area (Å²) in [7, 11) is 4.25. The lowest BCUT2D eigenvalue weighted by molar-refractivity contribution is -0.856. The van der Waals surface area contributed by atoms with Crippen molar-refractivity contribution in [2.24, 2.45) is 0 Å². The minimum atomic E-state index is 0.729. The maximum atomic E-state index is 6.12. The maximum absolute atomic E-state index is 6.12. The van der Waals surface area contributed by atoms with Gasteiger partial charge in [0.05, 0.1) is 32.7 Å². The zero-order valence-corrected chi connectivity index (χ0v) is 11.5. The van der Waals surface area contributed by atoms with E-state index < -0.39 is 0 Å². The van der Waals surface area contributed by atoms with Crippen LogP contribution in [0.2, 0.25) is 0 Å². The van der Waals surface area contributed by atoms with Gasteiger partial charge in [-0.15, -0.1) is 5.10 Å². The van der Waals surface area contributed by atoms with E-state index in [2.05, 4.69) is 44.4 Å². The number of pyridine rings is 1. The molecular weight excluding hydrogens is 226 g/mol. The van der Waals surface area contributed by atoms with Gasteiger partial charge in [0.1, 0.15) is 5.69 Å². The van der Waals surface area contributed by atoms with E-state index in [1.165, 1.54) is 10.5 Å². The van der Waals surface area contributed by atoms with Crippen molar-refractivity contribution < 1.29 is 4.90 Å². The highest BCUT2D eigenvalue weighted by Crippen LogP contribution is 2.24. The van der Waals surface area contributed by atoms with Gasteiger partial charge in [0.25, 0.3) is 0 Å². The monoisotopic (exact) mass is 248 g/mol. The van der Waals surface area contributed by atoms with Crippen molar-refractivity contribution in [1.82, 2.24) is 9.61 Å². The number of anilines is 2. The number of nitrogens with zero attached hydrogens (tertiary/aromatic N) is 2. The topological polar surface area (TPSA) is 59.8 Å². The minimum absolute atomic E-state index is 0.729. The second kappa shape index (κ2) is 4.86. The Labute approximate surface area is 108 Å². The molecule has 5 heteroatoms. The molecule has 18 heavy (non-hydrogen) atoms. The predicted octanol–water partition coefficient (Wildman–Crippen LogP) is 0.0897. The first-order chi connectivity index (χ1) is 8.50. The molecule has 0 unspecified atom stereocenters. The highest BCUT2D eigenvalue weighted by atomic mass is 15.3. The molecule has 0 aliphatic rings. The van der Waals surface area contributed by atoms with Crippen LogP contribution in [0, 0.1) is 13.8 Å². The van der Waals surface area contributed by atoms with E-state index in [1.54, 1.807) is 0 Å². The Hall–Kier alpha value is -1.75. The third-order valence-electron chi connectivity index (χ3n) is 3.26. The van der Waals surface area contributed by atoms with E-state index in [4.69, 9.17) is 5.73 Å². The van der Waals surface area contributed by atoms with Crippen LogP contribution in [0.25, 0.3) is 5.52 Å². The van der Waals surface area contributed by atoms with Gasteiger partial charge in [-0.1, -0.05) is 6.07 Å². The summed E-state index contributed by atoms with van der Waals surface area (Å²) in [5.74, 6) is 0.782. The molecule has 2 aromatic heterocycles. The summed E-state index contributed by atoms with van der Waals surface area (Å²) in [5.41, 5.74) is 10.2. The number of nitrogen functional groups attached to an aromatic ring is 1. The van der Waals surface area contributed by atoms with Gasteiger partial charge in [0.2, 0.25) is 0 Å². The fraction of sp³-hybridized carbons (Fsp3) is 0.462. The van der Waals surface area contributed by atoms with E-state index in [1.807, 2.05) is 10.6 Å². The number of hydrogen-bond donors (Lipinski definition) is 3. The highest BCUT2D eigenvalue weighted by molar-refractivity contribution is 5.81. The second-order valence-electron chi connectivity index (χ2n) is 5.04. The van der Waals surface area contributed by atoms with E-state index in [0.29, 0.717) is 0 Å². The Balaban J connectivity index is 2.30. The lowest BCUT2D eigenvalue weighted by atomic mass is 10.2. The van der Waals surface area contributed by atoms with Crippen molar-refractivity contribution in [3.8, 4) is 0 Å². The normalized spacial score (nSPS) is 11.4. The summed E-state index contributed by atoms with van der Waals surface area (Å²) in [6.45, 7) is 6.04. The van der Waals surface area contributed by atoms with Crippen molar-refractivity contribution in [2.45, 2.75) is 13.8 Å². The van der Waals surface area contributed by atoms with Crippen LogP contribution in [0.4, 0.5) is 11.5 Å². The molecule has 0 saturated carbocycles. The van der Waals surface area contributed by atoms with Crippen molar-refractivity contribution in [1.29, 1.82) is 0 Å². The first-order valence-electron chi connectivity index (χ1n) is 6.28. The van der Waals surface area contributed by atoms with E-state index in [0.717, 1.165) is 35.8 Å². The van der Waals surface area contributed by atoms with Gasteiger partial charge in [-0.3, -0.25) is 0 Å². The van der Waals surface area contributed by atoms with Crippen molar-refractivity contribution in [3.63, 3.8) is 0 Å². The number of hydrogen-bond acceptors (Lipinski definition) is 3. The fourth-order valence-corrected chi connectivity index (χ4v) is 1.91. The zero-order valence-electron chi connectivity index (χ0n) is 11.5. The van der Waals surface area contributed by atoms with Crippen molar-refractivity contribution in [2.75, 3.05) is 38.2 Å². The van der Waals surface area contributed by atoms with Crippen LogP contribution in [0.1, 0.15) is 11.3 Å². The number of aromatic nitrogens is 2. The molecule has 0 aliphatic carbocycles. The largest absolute Gasteiger partial charge is 0.394 e. The molecule has 2 heterocycles. The molecule has 5 nitrogen and oxygen atoms in total. The summed E-state index contributed by atoms with van der Waals surface area (Å²) in [5, 5.41) is 7.84. The molecule has 0 bridgehead atoms. The van der Waals surface area contributed by atoms with E-state index in [9.17, 15) is 0 Å². The molecule has 0 saturated heterocycles. The molecule has 0 amide bonds. The van der Waals surface area contributed by atoms with E-state index in [-0.39, 0.29) is 0 Å². The Morgan fingerprint density at radius 2 is 2.06 bits per heavy atom. The molecule has 2 aromatic rings. The molecule has 0 fully saturated rings. The van der Waals surface area contributed by atoms with Crippen LogP contribution in [0.5, 0.6) is 0 Å². The van der Waals surface area contributed by atoms with Crippen LogP contribution in [0.3, 0.4) is 0 Å². The molecule has 0 aliphatic heterocycles. The number of nitrogens with two attached hydrogens (primary N) is 1. The molecule has 0 atom stereocenters.